The van der Waals surface area contributed by atoms with Crippen molar-refractivity contribution in [3.05, 3.63) is 46.9 Å². The van der Waals surface area contributed by atoms with Gasteiger partial charge in [-0.25, -0.2) is 4.79 Å². The zero-order valence-corrected chi connectivity index (χ0v) is 7.68. The molecule has 0 spiro atoms. The lowest BCUT2D eigenvalue weighted by molar-refractivity contribution is 0.0699. The fourth-order valence-electron chi connectivity index (χ4n) is 1.56. The minimum absolute atomic E-state index is 0.179. The van der Waals surface area contributed by atoms with Crippen molar-refractivity contribution in [2.75, 3.05) is 0 Å². The summed E-state index contributed by atoms with van der Waals surface area (Å²) in [5.74, 6) is -1.01. The number of nitroso groups, excluding NO2 is 1. The fraction of sp³-hybridized carbons (Fsp3) is 0. The monoisotopic (exact) mass is 201 g/mol. The van der Waals surface area contributed by atoms with E-state index in [9.17, 15) is 9.70 Å². The first-order chi connectivity index (χ1) is 7.24. The Morgan fingerprint density at radius 1 is 1.07 bits per heavy atom. The lowest BCUT2D eigenvalue weighted by Gasteiger charge is -2.02. The molecule has 2 aromatic carbocycles. The Hall–Kier alpha value is -2.23. The van der Waals surface area contributed by atoms with E-state index < -0.39 is 5.97 Å². The van der Waals surface area contributed by atoms with Crippen molar-refractivity contribution in [2.24, 2.45) is 5.18 Å². The second-order valence-corrected chi connectivity index (χ2v) is 3.07. The number of nitrogens with zero attached hydrogens (tertiary/aromatic N) is 1. The molecule has 4 heteroatoms. The number of hydrogen-bond acceptors (Lipinski definition) is 3. The third-order valence-corrected chi connectivity index (χ3v) is 2.23. The normalized spacial score (nSPS) is 10.1. The molecule has 15 heavy (non-hydrogen) atoms. The predicted molar refractivity (Wildman–Crippen MR) is 56.4 cm³/mol. The summed E-state index contributed by atoms with van der Waals surface area (Å²) in [5, 5.41) is 12.9. The van der Waals surface area contributed by atoms with Gasteiger partial charge in [0, 0.05) is 5.39 Å². The van der Waals surface area contributed by atoms with Gasteiger partial charge in [0.25, 0.3) is 0 Å². The lowest BCUT2D eigenvalue weighted by Crippen LogP contribution is -1.96. The molecule has 0 amide bonds. The highest BCUT2D eigenvalue weighted by Gasteiger charge is 2.09. The Bertz CT molecular complexity index is 549. The zero-order chi connectivity index (χ0) is 10.8. The molecule has 2 rings (SSSR count). The molecule has 0 unspecified atom stereocenters. The van der Waals surface area contributed by atoms with Crippen molar-refractivity contribution in [3.63, 3.8) is 0 Å². The minimum Gasteiger partial charge on any atom is -0.478 e. The second kappa shape index (κ2) is 3.49. The van der Waals surface area contributed by atoms with Crippen molar-refractivity contribution in [1.29, 1.82) is 0 Å². The van der Waals surface area contributed by atoms with Gasteiger partial charge < -0.3 is 5.11 Å². The van der Waals surface area contributed by atoms with Crippen molar-refractivity contribution in [1.82, 2.24) is 0 Å². The molecule has 0 fully saturated rings. The van der Waals surface area contributed by atoms with Crippen LogP contribution >= 0.6 is 0 Å². The number of benzene rings is 2. The Kier molecular flexibility index (Phi) is 2.17. The number of carboxylic acid groups (broad SMARTS) is 1. The van der Waals surface area contributed by atoms with E-state index in [0.717, 1.165) is 0 Å². The first-order valence-electron chi connectivity index (χ1n) is 4.32. The van der Waals surface area contributed by atoms with E-state index >= 15 is 0 Å². The van der Waals surface area contributed by atoms with Gasteiger partial charge in [0.2, 0.25) is 0 Å². The average molecular weight is 201 g/mol. The van der Waals surface area contributed by atoms with E-state index in [4.69, 9.17) is 5.11 Å². The molecule has 4 nitrogen and oxygen atoms in total. The van der Waals surface area contributed by atoms with E-state index in [1.165, 1.54) is 6.07 Å². The minimum atomic E-state index is -1.01. The van der Waals surface area contributed by atoms with Crippen LogP contribution in [0.2, 0.25) is 0 Å². The smallest absolute Gasteiger partial charge is 0.336 e. The molecule has 1 N–H and O–H groups in total. The average Bonchev–Trinajstić information content (AvgIpc) is 2.27. The summed E-state index contributed by atoms with van der Waals surface area (Å²) in [6, 6.07) is 9.61. The number of fused-ring (bicyclic) bond motifs is 1. The fourth-order valence-corrected chi connectivity index (χ4v) is 1.56. The SMILES string of the molecule is O=Nc1cccc2c(C(=O)O)cccc12. The first kappa shape index (κ1) is 9.33. The van der Waals surface area contributed by atoms with E-state index in [2.05, 4.69) is 5.18 Å². The van der Waals surface area contributed by atoms with Gasteiger partial charge >= 0.3 is 5.97 Å². The summed E-state index contributed by atoms with van der Waals surface area (Å²) in [4.78, 5) is 21.4. The summed E-state index contributed by atoms with van der Waals surface area (Å²) in [6.07, 6.45) is 0. The predicted octanol–water partition coefficient (Wildman–Crippen LogP) is 2.94. The Balaban J connectivity index is 2.88. The molecule has 0 saturated carbocycles. The Labute approximate surface area is 85.1 Å². The highest BCUT2D eigenvalue weighted by molar-refractivity contribution is 6.06. The lowest BCUT2D eigenvalue weighted by atomic mass is 10.0. The molecule has 2 aromatic rings. The van der Waals surface area contributed by atoms with Crippen molar-refractivity contribution in [3.8, 4) is 0 Å². The maximum atomic E-state index is 10.9. The number of carbonyl (C=O) groups is 1. The molecule has 74 valence electrons. The van der Waals surface area contributed by atoms with Gasteiger partial charge in [0.1, 0.15) is 5.69 Å². The van der Waals surface area contributed by atoms with Crippen LogP contribution in [0.15, 0.2) is 41.6 Å². The molecule has 0 aromatic heterocycles. The first-order valence-corrected chi connectivity index (χ1v) is 4.32. The highest BCUT2D eigenvalue weighted by Crippen LogP contribution is 2.27. The van der Waals surface area contributed by atoms with Gasteiger partial charge in [-0.2, -0.15) is 0 Å². The van der Waals surface area contributed by atoms with Gasteiger partial charge in [-0.1, -0.05) is 24.3 Å². The molecule has 0 radical (unpaired) electrons. The molecular weight excluding hydrogens is 194 g/mol. The van der Waals surface area contributed by atoms with Crippen molar-refractivity contribution in [2.45, 2.75) is 0 Å². The van der Waals surface area contributed by atoms with Crippen LogP contribution in [0.4, 0.5) is 5.69 Å². The maximum absolute atomic E-state index is 10.9. The molecule has 0 heterocycles. The molecule has 0 atom stereocenters. The van der Waals surface area contributed by atoms with Crippen LogP contribution in [0.5, 0.6) is 0 Å². The quantitative estimate of drug-likeness (QED) is 0.759. The van der Waals surface area contributed by atoms with Crippen LogP contribution in [-0.2, 0) is 0 Å². The van der Waals surface area contributed by atoms with Gasteiger partial charge in [0.05, 0.1) is 5.56 Å². The molecular formula is C11H7NO3. The van der Waals surface area contributed by atoms with E-state index in [0.29, 0.717) is 10.8 Å². The number of aromatic carboxylic acids is 1. The summed E-state index contributed by atoms with van der Waals surface area (Å²) in [5.41, 5.74) is 0.439. The van der Waals surface area contributed by atoms with Crippen LogP contribution in [0.3, 0.4) is 0 Å². The standard InChI is InChI=1S/C11H7NO3/c13-11(14)9-5-1-4-8-7(9)3-2-6-10(8)12-15/h1-6H,(H,13,14). The highest BCUT2D eigenvalue weighted by atomic mass is 16.4. The van der Waals surface area contributed by atoms with Crippen LogP contribution in [0, 0.1) is 4.91 Å². The largest absolute Gasteiger partial charge is 0.478 e. The Morgan fingerprint density at radius 3 is 2.40 bits per heavy atom. The van der Waals surface area contributed by atoms with Gasteiger partial charge in [-0.3, -0.25) is 0 Å². The number of carboxylic acids is 1. The summed E-state index contributed by atoms with van der Waals surface area (Å²) in [7, 11) is 0. The molecule has 0 aliphatic rings. The van der Waals surface area contributed by atoms with Gasteiger partial charge in [-0.15, -0.1) is 4.91 Å². The summed E-state index contributed by atoms with van der Waals surface area (Å²) >= 11 is 0. The molecule has 0 aliphatic heterocycles. The third kappa shape index (κ3) is 1.46. The summed E-state index contributed by atoms with van der Waals surface area (Å²) in [6.45, 7) is 0. The van der Waals surface area contributed by atoms with E-state index in [1.54, 1.807) is 30.3 Å². The maximum Gasteiger partial charge on any atom is 0.336 e. The van der Waals surface area contributed by atoms with Crippen LogP contribution in [0.25, 0.3) is 10.8 Å². The van der Waals surface area contributed by atoms with Crippen LogP contribution in [0.1, 0.15) is 10.4 Å². The van der Waals surface area contributed by atoms with E-state index in [-0.39, 0.29) is 11.3 Å². The van der Waals surface area contributed by atoms with Crippen LogP contribution in [-0.4, -0.2) is 11.1 Å². The van der Waals surface area contributed by atoms with E-state index in [1.807, 2.05) is 0 Å². The zero-order valence-electron chi connectivity index (χ0n) is 7.68. The molecule has 0 saturated heterocycles. The topological polar surface area (TPSA) is 66.7 Å². The second-order valence-electron chi connectivity index (χ2n) is 3.07. The third-order valence-electron chi connectivity index (χ3n) is 2.23. The number of rotatable bonds is 2. The molecule has 0 aliphatic carbocycles. The van der Waals surface area contributed by atoms with Crippen LogP contribution < -0.4 is 0 Å². The summed E-state index contributed by atoms with van der Waals surface area (Å²) < 4.78 is 0. The van der Waals surface area contributed by atoms with Crippen molar-refractivity contribution < 1.29 is 9.90 Å². The Morgan fingerprint density at radius 2 is 1.73 bits per heavy atom. The van der Waals surface area contributed by atoms with Gasteiger partial charge in [0.15, 0.2) is 0 Å². The van der Waals surface area contributed by atoms with Gasteiger partial charge in [-0.05, 0) is 22.7 Å². The van der Waals surface area contributed by atoms with Crippen molar-refractivity contribution >= 4 is 22.4 Å². The molecule has 0 bridgehead atoms. The number of hydrogen-bond donors (Lipinski definition) is 1.